The summed E-state index contributed by atoms with van der Waals surface area (Å²) in [6, 6.07) is 7.43. The fourth-order valence-corrected chi connectivity index (χ4v) is 3.65. The number of H-pyrrole nitrogens is 1. The summed E-state index contributed by atoms with van der Waals surface area (Å²) in [4.78, 5) is 30.9. The van der Waals surface area contributed by atoms with Crippen molar-refractivity contribution < 1.29 is 13.6 Å². The van der Waals surface area contributed by atoms with Crippen molar-refractivity contribution in [2.24, 2.45) is 5.73 Å². The van der Waals surface area contributed by atoms with E-state index in [1.807, 2.05) is 0 Å². The van der Waals surface area contributed by atoms with Gasteiger partial charge in [-0.25, -0.2) is 8.78 Å². The number of rotatable bonds is 2. The van der Waals surface area contributed by atoms with Crippen LogP contribution in [0.25, 0.3) is 10.9 Å². The van der Waals surface area contributed by atoms with E-state index >= 15 is 0 Å². The Kier molecular flexibility index (Phi) is 6.36. The van der Waals surface area contributed by atoms with Crippen LogP contribution >= 0.6 is 0 Å². The van der Waals surface area contributed by atoms with Crippen LogP contribution in [0, 0.1) is 18.6 Å². The number of hydrogen-bond acceptors (Lipinski definition) is 3. The third-order valence-electron chi connectivity index (χ3n) is 5.19. The summed E-state index contributed by atoms with van der Waals surface area (Å²) in [5.74, 6) is -1.80. The first kappa shape index (κ1) is 20.6. The fraction of sp³-hybridized carbons (Fsp3) is 0.318. The zero-order valence-corrected chi connectivity index (χ0v) is 16.2. The van der Waals surface area contributed by atoms with Gasteiger partial charge in [0, 0.05) is 18.0 Å². The lowest BCUT2D eigenvalue weighted by Gasteiger charge is -2.21. The molecule has 1 saturated carbocycles. The molecule has 1 aromatic carbocycles. The normalized spacial score (nSPS) is 14.3. The Bertz CT molecular complexity index is 1070. The number of aromatic nitrogens is 2. The van der Waals surface area contributed by atoms with Gasteiger partial charge in [0.1, 0.15) is 5.69 Å². The molecule has 0 radical (unpaired) electrons. The van der Waals surface area contributed by atoms with Crippen LogP contribution in [-0.4, -0.2) is 15.9 Å². The van der Waals surface area contributed by atoms with Crippen LogP contribution in [0.4, 0.5) is 8.78 Å². The molecule has 7 heteroatoms. The number of halogens is 2. The van der Waals surface area contributed by atoms with E-state index in [9.17, 15) is 18.4 Å². The first-order valence-corrected chi connectivity index (χ1v) is 9.61. The van der Waals surface area contributed by atoms with Gasteiger partial charge in [-0.2, -0.15) is 0 Å². The molecule has 0 unspecified atom stereocenters. The standard InChI is InChI=1S/C15H17N3O2.C7H6F2/c16-15(20)14-13-10(6-7-17-14)18-11(8-12(13)19)9-4-2-1-3-5-9;1-5-3-2-4-6(8)7(5)9/h6-9H,1-5H2,(H2,16,20)(H,18,19);2-4H,1H3. The molecule has 0 saturated heterocycles. The Morgan fingerprint density at radius 1 is 1.17 bits per heavy atom. The minimum Gasteiger partial charge on any atom is -0.364 e. The van der Waals surface area contributed by atoms with Crippen molar-refractivity contribution in [2.75, 3.05) is 0 Å². The largest absolute Gasteiger partial charge is 0.364 e. The summed E-state index contributed by atoms with van der Waals surface area (Å²) in [5.41, 5.74) is 7.08. The number of carbonyl (C=O) groups excluding carboxylic acids is 1. The van der Waals surface area contributed by atoms with E-state index in [0.29, 0.717) is 22.4 Å². The van der Waals surface area contributed by atoms with Crippen LogP contribution in [0.2, 0.25) is 0 Å². The smallest absolute Gasteiger partial charge is 0.268 e. The van der Waals surface area contributed by atoms with Gasteiger partial charge in [-0.3, -0.25) is 14.6 Å². The van der Waals surface area contributed by atoms with Gasteiger partial charge in [0.15, 0.2) is 17.1 Å². The first-order valence-electron chi connectivity index (χ1n) is 9.61. The zero-order chi connectivity index (χ0) is 21.0. The summed E-state index contributed by atoms with van der Waals surface area (Å²) < 4.78 is 24.6. The molecule has 0 bridgehead atoms. The SMILES string of the molecule is Cc1cccc(F)c1F.NC(=O)c1nccc2[nH]c(C3CCCCC3)cc(=O)c12. The Morgan fingerprint density at radius 2 is 1.90 bits per heavy atom. The summed E-state index contributed by atoms with van der Waals surface area (Å²) in [6.45, 7) is 1.53. The quantitative estimate of drug-likeness (QED) is 0.672. The number of benzene rings is 1. The second kappa shape index (κ2) is 8.94. The summed E-state index contributed by atoms with van der Waals surface area (Å²) in [6.07, 6.45) is 7.39. The lowest BCUT2D eigenvalue weighted by molar-refractivity contribution is 0.0997. The molecule has 1 fully saturated rings. The molecule has 1 aliphatic carbocycles. The highest BCUT2D eigenvalue weighted by molar-refractivity contribution is 6.03. The number of hydrogen-bond donors (Lipinski definition) is 2. The lowest BCUT2D eigenvalue weighted by Crippen LogP contribution is -2.19. The van der Waals surface area contributed by atoms with Crippen molar-refractivity contribution in [1.29, 1.82) is 0 Å². The molecule has 2 heterocycles. The van der Waals surface area contributed by atoms with Crippen LogP contribution in [0.1, 0.15) is 59.8 Å². The molecule has 3 aromatic rings. The number of aromatic amines is 1. The van der Waals surface area contributed by atoms with Gasteiger partial charge in [-0.05, 0) is 43.4 Å². The zero-order valence-electron chi connectivity index (χ0n) is 16.2. The molecule has 2 aromatic heterocycles. The summed E-state index contributed by atoms with van der Waals surface area (Å²) >= 11 is 0. The number of nitrogens with zero attached hydrogens (tertiary/aromatic N) is 1. The van der Waals surface area contributed by atoms with Gasteiger partial charge in [-0.15, -0.1) is 0 Å². The van der Waals surface area contributed by atoms with E-state index in [-0.39, 0.29) is 11.1 Å². The number of fused-ring (bicyclic) bond motifs is 1. The van der Waals surface area contributed by atoms with E-state index in [0.717, 1.165) is 24.6 Å². The van der Waals surface area contributed by atoms with Gasteiger partial charge in [-0.1, -0.05) is 31.4 Å². The molecule has 5 nitrogen and oxygen atoms in total. The molecular weight excluding hydrogens is 376 g/mol. The highest BCUT2D eigenvalue weighted by atomic mass is 19.2. The maximum Gasteiger partial charge on any atom is 0.268 e. The molecule has 0 atom stereocenters. The highest BCUT2D eigenvalue weighted by Crippen LogP contribution is 2.31. The van der Waals surface area contributed by atoms with E-state index in [4.69, 9.17) is 5.73 Å². The van der Waals surface area contributed by atoms with E-state index in [2.05, 4.69) is 9.97 Å². The first-order chi connectivity index (χ1) is 13.9. The maximum atomic E-state index is 12.4. The van der Waals surface area contributed by atoms with Crippen molar-refractivity contribution in [2.45, 2.75) is 44.9 Å². The Balaban J connectivity index is 0.000000224. The molecule has 29 heavy (non-hydrogen) atoms. The van der Waals surface area contributed by atoms with Crippen molar-refractivity contribution in [3.05, 3.63) is 75.3 Å². The fourth-order valence-electron chi connectivity index (χ4n) is 3.65. The van der Waals surface area contributed by atoms with Gasteiger partial charge < -0.3 is 10.7 Å². The average Bonchev–Trinajstić information content (AvgIpc) is 2.72. The predicted octanol–water partition coefficient (Wildman–Crippen LogP) is 4.34. The monoisotopic (exact) mass is 399 g/mol. The molecule has 0 spiro atoms. The maximum absolute atomic E-state index is 12.4. The number of aryl methyl sites for hydroxylation is 1. The second-order valence-corrected chi connectivity index (χ2v) is 7.24. The van der Waals surface area contributed by atoms with Gasteiger partial charge >= 0.3 is 0 Å². The van der Waals surface area contributed by atoms with Crippen molar-refractivity contribution in [3.63, 3.8) is 0 Å². The summed E-state index contributed by atoms with van der Waals surface area (Å²) in [7, 11) is 0. The number of nitrogens with one attached hydrogen (secondary N) is 1. The highest BCUT2D eigenvalue weighted by Gasteiger charge is 2.19. The number of pyridine rings is 2. The predicted molar refractivity (Wildman–Crippen MR) is 108 cm³/mol. The van der Waals surface area contributed by atoms with E-state index < -0.39 is 17.5 Å². The molecular formula is C22H23F2N3O2. The van der Waals surface area contributed by atoms with E-state index in [1.54, 1.807) is 12.1 Å². The number of nitrogens with two attached hydrogens (primary N) is 1. The van der Waals surface area contributed by atoms with Gasteiger partial charge in [0.05, 0.1) is 10.9 Å². The number of amides is 1. The van der Waals surface area contributed by atoms with Crippen molar-refractivity contribution in [1.82, 2.24) is 9.97 Å². The van der Waals surface area contributed by atoms with Crippen molar-refractivity contribution >= 4 is 16.8 Å². The second-order valence-electron chi connectivity index (χ2n) is 7.24. The Morgan fingerprint density at radius 3 is 2.52 bits per heavy atom. The van der Waals surface area contributed by atoms with E-state index in [1.165, 1.54) is 44.5 Å². The third kappa shape index (κ3) is 4.67. The summed E-state index contributed by atoms with van der Waals surface area (Å²) in [5, 5.41) is 0.291. The molecule has 1 amide bonds. The minimum absolute atomic E-state index is 0.0407. The Hall–Kier alpha value is -3.09. The van der Waals surface area contributed by atoms with Crippen molar-refractivity contribution in [3.8, 4) is 0 Å². The number of primary amides is 1. The number of carbonyl (C=O) groups is 1. The lowest BCUT2D eigenvalue weighted by atomic mass is 9.86. The van der Waals surface area contributed by atoms with Crippen LogP contribution in [0.5, 0.6) is 0 Å². The van der Waals surface area contributed by atoms with Crippen LogP contribution in [0.15, 0.2) is 41.3 Å². The molecule has 3 N–H and O–H groups in total. The molecule has 1 aliphatic rings. The Labute approximate surface area is 167 Å². The topological polar surface area (TPSA) is 88.8 Å². The van der Waals surface area contributed by atoms with Gasteiger partial charge in [0.2, 0.25) is 0 Å². The van der Waals surface area contributed by atoms with Crippen LogP contribution in [0.3, 0.4) is 0 Å². The molecule has 0 aliphatic heterocycles. The van der Waals surface area contributed by atoms with Crippen LogP contribution < -0.4 is 11.2 Å². The average molecular weight is 399 g/mol. The third-order valence-corrected chi connectivity index (χ3v) is 5.19. The minimum atomic E-state index is -0.782. The molecule has 152 valence electrons. The van der Waals surface area contributed by atoms with Gasteiger partial charge in [0.25, 0.3) is 5.91 Å². The van der Waals surface area contributed by atoms with Crippen LogP contribution in [-0.2, 0) is 0 Å². The molecule has 4 rings (SSSR count).